The van der Waals surface area contributed by atoms with Gasteiger partial charge in [0.15, 0.2) is 5.72 Å². The van der Waals surface area contributed by atoms with Crippen molar-refractivity contribution in [2.24, 2.45) is 0 Å². The van der Waals surface area contributed by atoms with Crippen molar-refractivity contribution in [3.63, 3.8) is 0 Å². The Morgan fingerprint density at radius 1 is 1.29 bits per heavy atom. The first kappa shape index (κ1) is 18.7. The fraction of sp³-hybridized carbons (Fsp3) is 0.550. The molecule has 3 amide bonds. The molecule has 4 rings (SSSR count). The zero-order valence-corrected chi connectivity index (χ0v) is 15.7. The fourth-order valence-electron chi connectivity index (χ4n) is 3.94. The van der Waals surface area contributed by atoms with Gasteiger partial charge in [0.2, 0.25) is 11.8 Å². The summed E-state index contributed by atoms with van der Waals surface area (Å²) in [6, 6.07) is 7.08. The van der Waals surface area contributed by atoms with E-state index in [0.29, 0.717) is 37.2 Å². The summed E-state index contributed by atoms with van der Waals surface area (Å²) >= 11 is 0. The first-order valence-electron chi connectivity index (χ1n) is 9.81. The normalized spacial score (nSPS) is 27.0. The topological polar surface area (TPSA) is 97.0 Å². The van der Waals surface area contributed by atoms with Crippen molar-refractivity contribution in [1.82, 2.24) is 15.5 Å². The van der Waals surface area contributed by atoms with E-state index < -0.39 is 5.72 Å². The SMILES string of the molecule is O=C(CN1CC[C@@]2(CCC1=O)NC(=O)c1ccccc1O2)NC[C@@H]1CCCO1. The molecule has 150 valence electrons. The van der Waals surface area contributed by atoms with Crippen molar-refractivity contribution in [3.8, 4) is 5.75 Å². The Morgan fingerprint density at radius 2 is 2.14 bits per heavy atom. The zero-order chi connectivity index (χ0) is 19.6. The average Bonchev–Trinajstić information content (AvgIpc) is 3.17. The number of amides is 3. The maximum Gasteiger partial charge on any atom is 0.258 e. The number of hydrogen-bond acceptors (Lipinski definition) is 5. The second kappa shape index (κ2) is 7.79. The van der Waals surface area contributed by atoms with Crippen molar-refractivity contribution in [2.45, 2.75) is 43.9 Å². The molecule has 3 aliphatic heterocycles. The number of nitrogens with zero attached hydrogens (tertiary/aromatic N) is 1. The molecule has 2 fully saturated rings. The average molecular weight is 387 g/mol. The van der Waals surface area contributed by atoms with E-state index >= 15 is 0 Å². The minimum atomic E-state index is -0.913. The maximum atomic E-state index is 12.5. The van der Waals surface area contributed by atoms with E-state index in [4.69, 9.17) is 9.47 Å². The van der Waals surface area contributed by atoms with Crippen LogP contribution in [-0.2, 0) is 14.3 Å². The van der Waals surface area contributed by atoms with Crippen LogP contribution in [0.15, 0.2) is 24.3 Å². The van der Waals surface area contributed by atoms with Crippen molar-refractivity contribution in [2.75, 3.05) is 26.2 Å². The quantitative estimate of drug-likeness (QED) is 0.797. The molecule has 1 aromatic rings. The van der Waals surface area contributed by atoms with Crippen LogP contribution in [-0.4, -0.2) is 60.7 Å². The number of likely N-dealkylation sites (tertiary alicyclic amines) is 1. The summed E-state index contributed by atoms with van der Waals surface area (Å²) in [6.45, 7) is 1.56. The molecule has 1 spiro atoms. The van der Waals surface area contributed by atoms with Gasteiger partial charge in [-0.3, -0.25) is 14.4 Å². The van der Waals surface area contributed by atoms with Gasteiger partial charge in [-0.1, -0.05) is 12.1 Å². The van der Waals surface area contributed by atoms with Gasteiger partial charge in [0.1, 0.15) is 5.75 Å². The summed E-state index contributed by atoms with van der Waals surface area (Å²) in [5.74, 6) is 0.0260. The van der Waals surface area contributed by atoms with Gasteiger partial charge in [0.05, 0.1) is 18.2 Å². The Labute approximate surface area is 163 Å². The van der Waals surface area contributed by atoms with E-state index in [1.165, 1.54) is 4.90 Å². The number of nitrogens with one attached hydrogen (secondary N) is 2. The first-order chi connectivity index (χ1) is 13.5. The third kappa shape index (κ3) is 3.96. The minimum absolute atomic E-state index is 0.00612. The standard InChI is InChI=1S/C20H25N3O5/c24-17(21-12-14-4-3-11-27-14)13-23-10-9-20(8-7-18(23)25)22-19(26)15-5-1-2-6-16(15)28-20/h1-2,5-6,14H,3-4,7-13H2,(H,21,24)(H,22,26)/t14-,20-/m0/s1. The second-order valence-electron chi connectivity index (χ2n) is 7.55. The number of benzene rings is 1. The lowest BCUT2D eigenvalue weighted by atomic mass is 10.0. The van der Waals surface area contributed by atoms with E-state index in [1.807, 2.05) is 6.07 Å². The molecule has 0 aromatic heterocycles. The molecule has 1 aromatic carbocycles. The predicted molar refractivity (Wildman–Crippen MR) is 99.7 cm³/mol. The summed E-state index contributed by atoms with van der Waals surface area (Å²) in [7, 11) is 0. The number of para-hydroxylation sites is 1. The lowest BCUT2D eigenvalue weighted by Crippen LogP contribution is -2.56. The zero-order valence-electron chi connectivity index (χ0n) is 15.7. The molecule has 8 nitrogen and oxygen atoms in total. The van der Waals surface area contributed by atoms with Crippen LogP contribution in [0.5, 0.6) is 5.75 Å². The summed E-state index contributed by atoms with van der Waals surface area (Å²) in [4.78, 5) is 38.8. The van der Waals surface area contributed by atoms with Crippen molar-refractivity contribution in [1.29, 1.82) is 0 Å². The van der Waals surface area contributed by atoms with Crippen LogP contribution in [0, 0.1) is 0 Å². The van der Waals surface area contributed by atoms with E-state index in [-0.39, 0.29) is 36.8 Å². The number of hydrogen-bond donors (Lipinski definition) is 2. The molecule has 2 N–H and O–H groups in total. The smallest absolute Gasteiger partial charge is 0.258 e. The largest absolute Gasteiger partial charge is 0.467 e. The van der Waals surface area contributed by atoms with Crippen molar-refractivity contribution in [3.05, 3.63) is 29.8 Å². The summed E-state index contributed by atoms with van der Waals surface area (Å²) in [5, 5.41) is 5.77. The van der Waals surface area contributed by atoms with Crippen molar-refractivity contribution < 1.29 is 23.9 Å². The number of fused-ring (bicyclic) bond motifs is 1. The minimum Gasteiger partial charge on any atom is -0.467 e. The van der Waals surface area contributed by atoms with Gasteiger partial charge in [-0.15, -0.1) is 0 Å². The lowest BCUT2D eigenvalue weighted by molar-refractivity contribution is -0.135. The highest BCUT2D eigenvalue weighted by molar-refractivity contribution is 5.98. The third-order valence-electron chi connectivity index (χ3n) is 5.54. The third-order valence-corrected chi connectivity index (χ3v) is 5.54. The molecule has 2 saturated heterocycles. The second-order valence-corrected chi connectivity index (χ2v) is 7.55. The van der Waals surface area contributed by atoms with E-state index in [1.54, 1.807) is 18.2 Å². The first-order valence-corrected chi connectivity index (χ1v) is 9.81. The number of rotatable bonds is 4. The Kier molecular flexibility index (Phi) is 5.21. The van der Waals surface area contributed by atoms with Crippen molar-refractivity contribution >= 4 is 17.7 Å². The molecule has 3 aliphatic rings. The molecule has 3 heterocycles. The van der Waals surface area contributed by atoms with Crippen LogP contribution < -0.4 is 15.4 Å². The van der Waals surface area contributed by atoms with Gasteiger partial charge < -0.3 is 25.0 Å². The Balaban J connectivity index is 1.36. The van der Waals surface area contributed by atoms with Crippen LogP contribution in [0.3, 0.4) is 0 Å². The van der Waals surface area contributed by atoms with Gasteiger partial charge in [-0.25, -0.2) is 0 Å². The van der Waals surface area contributed by atoms with E-state index in [2.05, 4.69) is 10.6 Å². The lowest BCUT2D eigenvalue weighted by Gasteiger charge is -2.38. The summed E-state index contributed by atoms with van der Waals surface area (Å²) < 4.78 is 11.6. The van der Waals surface area contributed by atoms with Gasteiger partial charge in [-0.2, -0.15) is 0 Å². The van der Waals surface area contributed by atoms with Gasteiger partial charge in [-0.05, 0) is 25.0 Å². The van der Waals surface area contributed by atoms with E-state index in [9.17, 15) is 14.4 Å². The summed E-state index contributed by atoms with van der Waals surface area (Å²) in [6.07, 6.45) is 3.05. The monoisotopic (exact) mass is 387 g/mol. The highest BCUT2D eigenvalue weighted by atomic mass is 16.5. The van der Waals surface area contributed by atoms with Gasteiger partial charge >= 0.3 is 0 Å². The molecule has 0 radical (unpaired) electrons. The van der Waals surface area contributed by atoms with E-state index in [0.717, 1.165) is 19.4 Å². The molecule has 0 bridgehead atoms. The summed E-state index contributed by atoms with van der Waals surface area (Å²) in [5.41, 5.74) is -0.418. The fourth-order valence-corrected chi connectivity index (χ4v) is 3.94. The Hall–Kier alpha value is -2.61. The molecule has 28 heavy (non-hydrogen) atoms. The molecule has 8 heteroatoms. The predicted octanol–water partition coefficient (Wildman–Crippen LogP) is 0.813. The number of ether oxygens (including phenoxy) is 2. The number of carbonyl (C=O) groups is 3. The molecule has 0 unspecified atom stereocenters. The molecule has 0 aliphatic carbocycles. The van der Waals surface area contributed by atoms with Gasteiger partial charge in [0.25, 0.3) is 5.91 Å². The highest BCUT2D eigenvalue weighted by Gasteiger charge is 2.42. The van der Waals surface area contributed by atoms with Crippen LogP contribution in [0.1, 0.15) is 42.5 Å². The molecule has 0 saturated carbocycles. The molecular weight excluding hydrogens is 362 g/mol. The van der Waals surface area contributed by atoms with Crippen LogP contribution in [0.4, 0.5) is 0 Å². The number of carbonyl (C=O) groups excluding carboxylic acids is 3. The van der Waals surface area contributed by atoms with Crippen LogP contribution in [0.2, 0.25) is 0 Å². The Morgan fingerprint density at radius 3 is 2.96 bits per heavy atom. The van der Waals surface area contributed by atoms with Gasteiger partial charge in [0, 0.05) is 39.0 Å². The van der Waals surface area contributed by atoms with Crippen LogP contribution in [0.25, 0.3) is 0 Å². The Bertz CT molecular complexity index is 777. The molecule has 2 atom stereocenters. The van der Waals surface area contributed by atoms with Crippen LogP contribution >= 0.6 is 0 Å². The highest BCUT2D eigenvalue weighted by Crippen LogP contribution is 2.33. The molecular formula is C20H25N3O5. The maximum absolute atomic E-state index is 12.5.